The molecule has 2 fully saturated rings. The minimum absolute atomic E-state index is 0.0802. The quantitative estimate of drug-likeness (QED) is 0.831. The molecule has 1 aromatic rings. The van der Waals surface area contributed by atoms with Crippen molar-refractivity contribution in [3.05, 3.63) is 11.7 Å². The van der Waals surface area contributed by atoms with Crippen molar-refractivity contribution in [2.24, 2.45) is 0 Å². The molecule has 3 heterocycles. The molecule has 2 saturated heterocycles. The highest BCUT2D eigenvalue weighted by Crippen LogP contribution is 2.18. The maximum absolute atomic E-state index is 5.74. The first-order valence-corrected chi connectivity index (χ1v) is 6.51. The van der Waals surface area contributed by atoms with Gasteiger partial charge in [0.05, 0.1) is 11.7 Å². The molecular weight excluding hydrogens is 234 g/mol. The fourth-order valence-electron chi connectivity index (χ4n) is 2.26. The van der Waals surface area contributed by atoms with Crippen molar-refractivity contribution >= 4 is 0 Å². The van der Waals surface area contributed by atoms with Crippen LogP contribution in [0.15, 0.2) is 4.52 Å². The van der Waals surface area contributed by atoms with Gasteiger partial charge >= 0.3 is 0 Å². The van der Waals surface area contributed by atoms with Crippen LogP contribution in [0.25, 0.3) is 0 Å². The minimum Gasteiger partial charge on any atom is -0.378 e. The normalized spacial score (nSPS) is 26.2. The number of aromatic nitrogens is 2. The van der Waals surface area contributed by atoms with Crippen LogP contribution in [0, 0.1) is 0 Å². The van der Waals surface area contributed by atoms with Crippen molar-refractivity contribution in [1.29, 1.82) is 0 Å². The summed E-state index contributed by atoms with van der Waals surface area (Å²) < 4.78 is 16.5. The maximum Gasteiger partial charge on any atom is 0.252 e. The molecule has 1 atom stereocenters. The lowest BCUT2D eigenvalue weighted by atomic mass is 10.0. The van der Waals surface area contributed by atoms with E-state index in [1.165, 1.54) is 0 Å². The summed E-state index contributed by atoms with van der Waals surface area (Å²) in [4.78, 5) is 4.33. The molecule has 3 rings (SSSR count). The molecule has 1 N–H and O–H groups in total. The maximum atomic E-state index is 5.74. The van der Waals surface area contributed by atoms with Gasteiger partial charge in [-0.3, -0.25) is 0 Å². The Morgan fingerprint density at radius 2 is 2.39 bits per heavy atom. The SMILES string of the molecule is CC1(OCc2nc(CC3CCCO3)no2)CNC1. The van der Waals surface area contributed by atoms with E-state index in [4.69, 9.17) is 14.0 Å². The molecule has 2 aliphatic rings. The summed E-state index contributed by atoms with van der Waals surface area (Å²) in [5, 5.41) is 7.15. The van der Waals surface area contributed by atoms with Crippen molar-refractivity contribution in [2.75, 3.05) is 19.7 Å². The minimum atomic E-state index is -0.0802. The van der Waals surface area contributed by atoms with E-state index >= 15 is 0 Å². The van der Waals surface area contributed by atoms with Gasteiger partial charge in [-0.25, -0.2) is 0 Å². The summed E-state index contributed by atoms with van der Waals surface area (Å²) in [6.07, 6.45) is 3.21. The number of hydrogen-bond donors (Lipinski definition) is 1. The lowest BCUT2D eigenvalue weighted by Gasteiger charge is -2.38. The average Bonchev–Trinajstić information content (AvgIpc) is 2.96. The van der Waals surface area contributed by atoms with E-state index in [1.54, 1.807) is 0 Å². The monoisotopic (exact) mass is 253 g/mol. The van der Waals surface area contributed by atoms with Crippen LogP contribution < -0.4 is 5.32 Å². The summed E-state index contributed by atoms with van der Waals surface area (Å²) in [6.45, 7) is 5.07. The van der Waals surface area contributed by atoms with E-state index in [9.17, 15) is 0 Å². The van der Waals surface area contributed by atoms with Gasteiger partial charge < -0.3 is 19.3 Å². The van der Waals surface area contributed by atoms with Gasteiger partial charge in [0, 0.05) is 26.1 Å². The fourth-order valence-corrected chi connectivity index (χ4v) is 2.26. The lowest BCUT2D eigenvalue weighted by molar-refractivity contribution is -0.0841. The summed E-state index contributed by atoms with van der Waals surface area (Å²) in [7, 11) is 0. The molecule has 6 nitrogen and oxygen atoms in total. The molecule has 0 aliphatic carbocycles. The molecular formula is C12H19N3O3. The molecule has 0 saturated carbocycles. The summed E-state index contributed by atoms with van der Waals surface area (Å²) >= 11 is 0. The number of nitrogens with one attached hydrogen (secondary N) is 1. The predicted octanol–water partition coefficient (Wildman–Crippen LogP) is 0.670. The van der Waals surface area contributed by atoms with E-state index in [0.717, 1.165) is 44.8 Å². The van der Waals surface area contributed by atoms with Crippen LogP contribution in [0.2, 0.25) is 0 Å². The highest BCUT2D eigenvalue weighted by molar-refractivity contribution is 4.92. The second-order valence-electron chi connectivity index (χ2n) is 5.29. The van der Waals surface area contributed by atoms with E-state index in [0.29, 0.717) is 12.5 Å². The Balaban J connectivity index is 1.49. The van der Waals surface area contributed by atoms with Gasteiger partial charge in [0.2, 0.25) is 0 Å². The van der Waals surface area contributed by atoms with Gasteiger partial charge in [-0.2, -0.15) is 4.98 Å². The van der Waals surface area contributed by atoms with Crippen LogP contribution in [-0.4, -0.2) is 41.5 Å². The first-order chi connectivity index (χ1) is 8.73. The highest BCUT2D eigenvalue weighted by Gasteiger charge is 2.33. The fraction of sp³-hybridized carbons (Fsp3) is 0.833. The van der Waals surface area contributed by atoms with Gasteiger partial charge in [0.25, 0.3) is 5.89 Å². The van der Waals surface area contributed by atoms with E-state index < -0.39 is 0 Å². The number of rotatable bonds is 5. The zero-order valence-corrected chi connectivity index (χ0v) is 10.6. The van der Waals surface area contributed by atoms with Crippen LogP contribution in [-0.2, 0) is 22.5 Å². The highest BCUT2D eigenvalue weighted by atomic mass is 16.5. The number of hydrogen-bond acceptors (Lipinski definition) is 6. The van der Waals surface area contributed by atoms with Crippen molar-refractivity contribution < 1.29 is 14.0 Å². The van der Waals surface area contributed by atoms with Gasteiger partial charge in [-0.15, -0.1) is 0 Å². The summed E-state index contributed by atoms with van der Waals surface area (Å²) in [5.74, 6) is 1.27. The Bertz CT molecular complexity index is 397. The van der Waals surface area contributed by atoms with Crippen LogP contribution in [0.4, 0.5) is 0 Å². The van der Waals surface area contributed by atoms with Gasteiger partial charge in [0.1, 0.15) is 6.61 Å². The van der Waals surface area contributed by atoms with Crippen LogP contribution in [0.5, 0.6) is 0 Å². The Hall–Kier alpha value is -0.980. The Kier molecular flexibility index (Phi) is 3.32. The molecule has 0 aromatic carbocycles. The third-order valence-electron chi connectivity index (χ3n) is 3.49. The van der Waals surface area contributed by atoms with Gasteiger partial charge in [0.15, 0.2) is 5.82 Å². The molecule has 0 spiro atoms. The lowest BCUT2D eigenvalue weighted by Crippen LogP contribution is -2.58. The summed E-state index contributed by atoms with van der Waals surface area (Å²) in [5.41, 5.74) is -0.0802. The number of nitrogens with zero attached hydrogens (tertiary/aromatic N) is 2. The second-order valence-corrected chi connectivity index (χ2v) is 5.29. The standard InChI is InChI=1S/C12H19N3O3/c1-12(7-13-8-12)17-6-11-14-10(15-18-11)5-9-3-2-4-16-9/h9,13H,2-8H2,1H3. The molecule has 6 heteroatoms. The van der Waals surface area contributed by atoms with Crippen molar-refractivity contribution in [1.82, 2.24) is 15.5 Å². The smallest absolute Gasteiger partial charge is 0.252 e. The first-order valence-electron chi connectivity index (χ1n) is 6.51. The third-order valence-corrected chi connectivity index (χ3v) is 3.49. The first kappa shape index (κ1) is 12.1. The van der Waals surface area contributed by atoms with E-state index in [-0.39, 0.29) is 11.7 Å². The second kappa shape index (κ2) is 4.95. The van der Waals surface area contributed by atoms with Crippen molar-refractivity contribution in [2.45, 2.75) is 44.5 Å². The molecule has 2 aliphatic heterocycles. The van der Waals surface area contributed by atoms with Crippen LogP contribution in [0.1, 0.15) is 31.5 Å². The molecule has 0 radical (unpaired) electrons. The Labute approximate surface area is 106 Å². The van der Waals surface area contributed by atoms with Crippen LogP contribution in [0.3, 0.4) is 0 Å². The molecule has 1 unspecified atom stereocenters. The van der Waals surface area contributed by atoms with Gasteiger partial charge in [-0.05, 0) is 19.8 Å². The molecule has 18 heavy (non-hydrogen) atoms. The topological polar surface area (TPSA) is 69.4 Å². The Morgan fingerprint density at radius 1 is 1.50 bits per heavy atom. The zero-order valence-electron chi connectivity index (χ0n) is 10.6. The van der Waals surface area contributed by atoms with Crippen LogP contribution >= 0.6 is 0 Å². The largest absolute Gasteiger partial charge is 0.378 e. The molecule has 0 amide bonds. The molecule has 100 valence electrons. The van der Waals surface area contributed by atoms with Crippen molar-refractivity contribution in [3.8, 4) is 0 Å². The number of ether oxygens (including phenoxy) is 2. The molecule has 0 bridgehead atoms. The third kappa shape index (κ3) is 2.71. The average molecular weight is 253 g/mol. The van der Waals surface area contributed by atoms with E-state index in [2.05, 4.69) is 22.4 Å². The Morgan fingerprint density at radius 3 is 3.06 bits per heavy atom. The summed E-state index contributed by atoms with van der Waals surface area (Å²) in [6, 6.07) is 0. The zero-order chi connectivity index (χ0) is 12.4. The molecule has 1 aromatic heterocycles. The predicted molar refractivity (Wildman–Crippen MR) is 63.0 cm³/mol. The van der Waals surface area contributed by atoms with Gasteiger partial charge in [-0.1, -0.05) is 5.16 Å². The van der Waals surface area contributed by atoms with Crippen molar-refractivity contribution in [3.63, 3.8) is 0 Å². The van der Waals surface area contributed by atoms with E-state index in [1.807, 2.05) is 0 Å².